The van der Waals surface area contributed by atoms with Gasteiger partial charge in [0.1, 0.15) is 18.2 Å². The van der Waals surface area contributed by atoms with Crippen LogP contribution in [0.1, 0.15) is 22.3 Å². The summed E-state index contributed by atoms with van der Waals surface area (Å²) in [6.45, 7) is 0.329. The highest BCUT2D eigenvalue weighted by Gasteiger charge is 2.19. The summed E-state index contributed by atoms with van der Waals surface area (Å²) in [5.41, 5.74) is 4.66. The maximum absolute atomic E-state index is 13.7. The lowest BCUT2D eigenvalue weighted by atomic mass is 9.92. The lowest BCUT2D eigenvalue weighted by Gasteiger charge is -2.11. The van der Waals surface area contributed by atoms with Crippen molar-refractivity contribution >= 4 is 37.3 Å². The third kappa shape index (κ3) is 4.03. The fraction of sp³-hybridized carbons (Fsp3) is 0.0476. The summed E-state index contributed by atoms with van der Waals surface area (Å²) in [6, 6.07) is 19.1. The largest absolute Gasteiger partial charge is 0.488 e. The summed E-state index contributed by atoms with van der Waals surface area (Å²) in [5.74, 6) is 0.0858. The Morgan fingerprint density at radius 1 is 1.00 bits per heavy atom. The van der Waals surface area contributed by atoms with E-state index >= 15 is 0 Å². The first kappa shape index (κ1) is 18.5. The van der Waals surface area contributed by atoms with E-state index in [-0.39, 0.29) is 5.82 Å². The summed E-state index contributed by atoms with van der Waals surface area (Å²) < 4.78 is 44.4. The first-order chi connectivity index (χ1) is 13.4. The highest BCUT2D eigenvalue weighted by molar-refractivity contribution is 8.14. The van der Waals surface area contributed by atoms with Crippen LogP contribution in [0.2, 0.25) is 0 Å². The first-order valence-corrected chi connectivity index (χ1v) is 10.8. The molecule has 0 saturated carbocycles. The Balaban J connectivity index is 1.88. The van der Waals surface area contributed by atoms with Crippen LogP contribution in [-0.4, -0.2) is 8.42 Å². The number of rotatable bonds is 3. The van der Waals surface area contributed by atoms with Gasteiger partial charge in [-0.3, -0.25) is 4.72 Å². The van der Waals surface area contributed by atoms with Gasteiger partial charge in [0.15, 0.2) is 0 Å². The molecule has 0 spiro atoms. The zero-order valence-corrected chi connectivity index (χ0v) is 16.1. The van der Waals surface area contributed by atoms with Gasteiger partial charge in [-0.15, -0.1) is 0 Å². The summed E-state index contributed by atoms with van der Waals surface area (Å²) in [5, 5.41) is 0. The number of benzene rings is 3. The molecule has 7 heteroatoms. The molecule has 0 aromatic heterocycles. The number of halogens is 2. The van der Waals surface area contributed by atoms with Crippen molar-refractivity contribution in [1.82, 2.24) is 0 Å². The van der Waals surface area contributed by atoms with Crippen LogP contribution in [0.5, 0.6) is 5.75 Å². The van der Waals surface area contributed by atoms with Crippen molar-refractivity contribution in [1.29, 1.82) is 0 Å². The molecule has 0 fully saturated rings. The van der Waals surface area contributed by atoms with Crippen molar-refractivity contribution < 1.29 is 17.5 Å². The van der Waals surface area contributed by atoms with E-state index < -0.39 is 9.24 Å². The zero-order valence-electron chi connectivity index (χ0n) is 14.5. The zero-order chi connectivity index (χ0) is 19.7. The Morgan fingerprint density at radius 3 is 2.64 bits per heavy atom. The van der Waals surface area contributed by atoms with Gasteiger partial charge in [-0.2, -0.15) is 8.42 Å². The molecule has 1 N–H and O–H groups in total. The van der Waals surface area contributed by atoms with Gasteiger partial charge in [0.05, 0.1) is 5.69 Å². The van der Waals surface area contributed by atoms with Crippen molar-refractivity contribution in [2.75, 3.05) is 4.72 Å². The van der Waals surface area contributed by atoms with Gasteiger partial charge in [0, 0.05) is 22.3 Å². The van der Waals surface area contributed by atoms with Crippen LogP contribution in [0.25, 0.3) is 11.6 Å². The molecule has 4 nitrogen and oxygen atoms in total. The summed E-state index contributed by atoms with van der Waals surface area (Å²) in [6.07, 6.45) is 1.91. The third-order valence-electron chi connectivity index (χ3n) is 4.36. The van der Waals surface area contributed by atoms with Crippen molar-refractivity contribution in [3.63, 3.8) is 0 Å². The maximum atomic E-state index is 13.7. The second-order valence-electron chi connectivity index (χ2n) is 6.31. The molecule has 0 atom stereocenters. The van der Waals surface area contributed by atoms with Crippen LogP contribution >= 0.6 is 10.7 Å². The Kier molecular flexibility index (Phi) is 4.83. The number of anilines is 1. The second kappa shape index (κ2) is 7.30. The van der Waals surface area contributed by atoms with E-state index in [9.17, 15) is 12.8 Å². The Morgan fingerprint density at radius 2 is 1.82 bits per heavy atom. The summed E-state index contributed by atoms with van der Waals surface area (Å²) >= 11 is 0. The van der Waals surface area contributed by atoms with Crippen molar-refractivity contribution in [2.24, 2.45) is 0 Å². The maximum Gasteiger partial charge on any atom is 0.319 e. The fourth-order valence-corrected chi connectivity index (χ4v) is 3.88. The third-order valence-corrected chi connectivity index (χ3v) is 5.07. The number of fused-ring (bicyclic) bond motifs is 2. The molecule has 3 aromatic carbocycles. The fourth-order valence-electron chi connectivity index (χ4n) is 3.20. The lowest BCUT2D eigenvalue weighted by molar-refractivity contribution is 0.305. The van der Waals surface area contributed by atoms with E-state index in [2.05, 4.69) is 4.72 Å². The Labute approximate surface area is 166 Å². The van der Waals surface area contributed by atoms with Gasteiger partial charge in [-0.1, -0.05) is 36.4 Å². The van der Waals surface area contributed by atoms with E-state index in [4.69, 9.17) is 15.4 Å². The molecule has 3 aromatic rings. The van der Waals surface area contributed by atoms with Crippen molar-refractivity contribution in [3.8, 4) is 5.75 Å². The van der Waals surface area contributed by atoms with Gasteiger partial charge in [-0.25, -0.2) is 4.39 Å². The normalized spacial score (nSPS) is 14.6. The number of hydrogen-bond donors (Lipinski definition) is 1. The molecule has 0 bridgehead atoms. The lowest BCUT2D eigenvalue weighted by Crippen LogP contribution is -2.04. The van der Waals surface area contributed by atoms with Crippen LogP contribution in [0.15, 0.2) is 66.7 Å². The first-order valence-electron chi connectivity index (χ1n) is 8.44. The molecule has 0 amide bonds. The average molecular weight is 416 g/mol. The molecule has 0 radical (unpaired) electrons. The highest BCUT2D eigenvalue weighted by atomic mass is 35.7. The molecule has 0 aliphatic carbocycles. The quantitative estimate of drug-likeness (QED) is 0.598. The molecule has 1 aliphatic rings. The molecule has 28 heavy (non-hydrogen) atoms. The van der Waals surface area contributed by atoms with Crippen LogP contribution in [0, 0.1) is 5.82 Å². The SMILES string of the molecule is O=S(=O)(Cl)Nc1cccc(/C=C2/c3ccccc3COc3cc(F)ccc32)c1. The van der Waals surface area contributed by atoms with Crippen LogP contribution in [-0.2, 0) is 15.8 Å². The highest BCUT2D eigenvalue weighted by Crippen LogP contribution is 2.38. The predicted octanol–water partition coefficient (Wildman–Crippen LogP) is 5.20. The second-order valence-corrected chi connectivity index (χ2v) is 8.61. The molecule has 4 rings (SSSR count). The van der Waals surface area contributed by atoms with Gasteiger partial charge < -0.3 is 4.74 Å². The topological polar surface area (TPSA) is 55.4 Å². The van der Waals surface area contributed by atoms with Crippen LogP contribution in [0.4, 0.5) is 10.1 Å². The van der Waals surface area contributed by atoms with Crippen molar-refractivity contribution in [2.45, 2.75) is 6.61 Å². The van der Waals surface area contributed by atoms with E-state index in [1.165, 1.54) is 12.1 Å². The molecule has 142 valence electrons. The molecule has 0 saturated heterocycles. The number of hydrogen-bond acceptors (Lipinski definition) is 3. The van der Waals surface area contributed by atoms with Gasteiger partial charge in [0.2, 0.25) is 0 Å². The van der Waals surface area contributed by atoms with Gasteiger partial charge >= 0.3 is 9.24 Å². The summed E-state index contributed by atoms with van der Waals surface area (Å²) in [4.78, 5) is 0. The minimum Gasteiger partial charge on any atom is -0.488 e. The smallest absolute Gasteiger partial charge is 0.319 e. The van der Waals surface area contributed by atoms with E-state index in [0.717, 1.165) is 27.8 Å². The van der Waals surface area contributed by atoms with Crippen LogP contribution < -0.4 is 9.46 Å². The Bertz CT molecular complexity index is 1190. The van der Waals surface area contributed by atoms with Gasteiger partial charge in [-0.05, 0) is 52.6 Å². The predicted molar refractivity (Wildman–Crippen MR) is 109 cm³/mol. The molecule has 0 unspecified atom stereocenters. The van der Waals surface area contributed by atoms with Crippen LogP contribution in [0.3, 0.4) is 0 Å². The standard InChI is InChI=1S/C21H15ClFNO3S/c22-28(25,26)24-17-6-3-4-14(10-17)11-20-18-7-2-1-5-15(18)13-27-21-12-16(23)8-9-19(20)21/h1-12,24H,13H2/b20-11-. The van der Waals surface area contributed by atoms with Gasteiger partial charge in [0.25, 0.3) is 0 Å². The van der Waals surface area contributed by atoms with E-state index in [1.54, 1.807) is 24.3 Å². The average Bonchev–Trinajstić information content (AvgIpc) is 2.78. The molecular weight excluding hydrogens is 401 g/mol. The monoisotopic (exact) mass is 415 g/mol. The van der Waals surface area contributed by atoms with Crippen molar-refractivity contribution in [3.05, 3.63) is 94.8 Å². The van der Waals surface area contributed by atoms with E-state index in [1.807, 2.05) is 36.4 Å². The minimum absolute atomic E-state index is 0.329. The minimum atomic E-state index is -3.90. The molecular formula is C21H15ClFNO3S. The number of ether oxygens (including phenoxy) is 1. The molecule has 1 heterocycles. The summed E-state index contributed by atoms with van der Waals surface area (Å²) in [7, 11) is 1.38. The van der Waals surface area contributed by atoms with E-state index in [0.29, 0.717) is 18.0 Å². The number of nitrogens with one attached hydrogen (secondary N) is 1. The molecule has 1 aliphatic heterocycles. The Hall–Kier alpha value is -2.83.